The highest BCUT2D eigenvalue weighted by Gasteiger charge is 1.99. The van der Waals surface area contributed by atoms with Gasteiger partial charge in [-0.25, -0.2) is 4.98 Å². The molecule has 0 unspecified atom stereocenters. The van der Waals surface area contributed by atoms with Gasteiger partial charge in [-0.05, 0) is 12.5 Å². The summed E-state index contributed by atoms with van der Waals surface area (Å²) >= 11 is 4.84. The zero-order valence-corrected chi connectivity index (χ0v) is 9.09. The molecule has 2 N–H and O–H groups in total. The van der Waals surface area contributed by atoms with Crippen molar-refractivity contribution in [2.75, 3.05) is 6.61 Å². The molecule has 0 aliphatic carbocycles. The van der Waals surface area contributed by atoms with Crippen molar-refractivity contribution < 1.29 is 4.74 Å². The lowest BCUT2D eigenvalue weighted by Crippen LogP contribution is -2.10. The Kier molecular flexibility index (Phi) is 4.58. The van der Waals surface area contributed by atoms with Crippen molar-refractivity contribution in [3.8, 4) is 18.2 Å². The van der Waals surface area contributed by atoms with Crippen LogP contribution in [0.5, 0.6) is 5.88 Å². The third-order valence-corrected chi connectivity index (χ3v) is 1.97. The van der Waals surface area contributed by atoms with Crippen LogP contribution < -0.4 is 10.5 Å². The van der Waals surface area contributed by atoms with Crippen LogP contribution in [0.25, 0.3) is 0 Å². The summed E-state index contributed by atoms with van der Waals surface area (Å²) in [6.45, 7) is 0.554. The Labute approximate surface area is 94.7 Å². The molecule has 0 fully saturated rings. The molecule has 15 heavy (non-hydrogen) atoms. The summed E-state index contributed by atoms with van der Waals surface area (Å²) in [5, 5.41) is 0. The molecule has 0 amide bonds. The summed E-state index contributed by atoms with van der Waals surface area (Å²) in [6.07, 6.45) is 8.25. The number of ether oxygens (including phenoxy) is 1. The quantitative estimate of drug-likeness (QED) is 0.464. The number of rotatable bonds is 5. The van der Waals surface area contributed by atoms with Crippen LogP contribution in [0.3, 0.4) is 0 Å². The fourth-order valence-corrected chi connectivity index (χ4v) is 1.12. The number of hydrogen-bond acceptors (Lipinski definition) is 3. The van der Waals surface area contributed by atoms with E-state index in [1.165, 1.54) is 0 Å². The minimum Gasteiger partial charge on any atom is -0.478 e. The number of hydrogen-bond donors (Lipinski definition) is 1. The van der Waals surface area contributed by atoms with E-state index in [9.17, 15) is 0 Å². The third kappa shape index (κ3) is 3.96. The monoisotopic (exact) mass is 220 g/mol. The van der Waals surface area contributed by atoms with E-state index in [2.05, 4.69) is 10.9 Å². The molecule has 0 aliphatic heterocycles. The molecule has 1 aromatic rings. The standard InChI is InChI=1S/C11H12N2OS/c1-2-3-4-7-14-10-8-9(11(12)15)5-6-13-10/h1,5-6,8H,3-4,7H2,(H2,12,15). The fourth-order valence-electron chi connectivity index (χ4n) is 0.993. The van der Waals surface area contributed by atoms with E-state index >= 15 is 0 Å². The number of unbranched alkanes of at least 4 members (excludes halogenated alkanes) is 1. The topological polar surface area (TPSA) is 48.1 Å². The molecule has 1 aromatic heterocycles. The first kappa shape index (κ1) is 11.5. The molecule has 3 nitrogen and oxygen atoms in total. The third-order valence-electron chi connectivity index (χ3n) is 1.73. The Balaban J connectivity index is 2.51. The lowest BCUT2D eigenvalue weighted by molar-refractivity contribution is 0.301. The Morgan fingerprint density at radius 1 is 1.67 bits per heavy atom. The molecule has 0 aliphatic rings. The summed E-state index contributed by atoms with van der Waals surface area (Å²) in [5.74, 6) is 3.07. The van der Waals surface area contributed by atoms with Crippen LogP contribution >= 0.6 is 12.2 Å². The highest BCUT2D eigenvalue weighted by Crippen LogP contribution is 2.09. The normalized spacial score (nSPS) is 9.27. The van der Waals surface area contributed by atoms with Crippen LogP contribution in [0.4, 0.5) is 0 Å². The van der Waals surface area contributed by atoms with Crippen molar-refractivity contribution in [2.45, 2.75) is 12.8 Å². The minimum absolute atomic E-state index is 0.339. The van der Waals surface area contributed by atoms with Crippen LogP contribution in [0.15, 0.2) is 18.3 Å². The van der Waals surface area contributed by atoms with Crippen LogP contribution in [0, 0.1) is 12.3 Å². The van der Waals surface area contributed by atoms with Gasteiger partial charge in [0.2, 0.25) is 5.88 Å². The first-order valence-corrected chi connectivity index (χ1v) is 4.97. The summed E-state index contributed by atoms with van der Waals surface area (Å²) < 4.78 is 5.38. The molecule has 0 saturated heterocycles. The maximum atomic E-state index is 5.48. The number of nitrogens with two attached hydrogens (primary N) is 1. The smallest absolute Gasteiger partial charge is 0.213 e. The van der Waals surface area contributed by atoms with Crippen LogP contribution in [0.1, 0.15) is 18.4 Å². The summed E-state index contributed by atoms with van der Waals surface area (Å²) in [7, 11) is 0. The van der Waals surface area contributed by atoms with Gasteiger partial charge in [-0.15, -0.1) is 12.3 Å². The molecule has 0 aromatic carbocycles. The Morgan fingerprint density at radius 2 is 2.47 bits per heavy atom. The van der Waals surface area contributed by atoms with Gasteiger partial charge in [-0.1, -0.05) is 12.2 Å². The number of nitrogens with zero attached hydrogens (tertiary/aromatic N) is 1. The van der Waals surface area contributed by atoms with E-state index in [-0.39, 0.29) is 0 Å². The molecule has 4 heteroatoms. The average Bonchev–Trinajstić information content (AvgIpc) is 2.25. The van der Waals surface area contributed by atoms with E-state index < -0.39 is 0 Å². The Bertz CT molecular complexity index is 384. The summed E-state index contributed by atoms with van der Waals surface area (Å²) in [5.41, 5.74) is 6.24. The number of aromatic nitrogens is 1. The molecule has 0 saturated carbocycles. The zero-order chi connectivity index (χ0) is 11.1. The van der Waals surface area contributed by atoms with Gasteiger partial charge >= 0.3 is 0 Å². The second kappa shape index (κ2) is 5.99. The van der Waals surface area contributed by atoms with Crippen molar-refractivity contribution >= 4 is 17.2 Å². The maximum absolute atomic E-state index is 5.48. The molecule has 0 radical (unpaired) electrons. The lowest BCUT2D eigenvalue weighted by Gasteiger charge is -2.04. The van der Waals surface area contributed by atoms with Crippen LogP contribution in [-0.2, 0) is 0 Å². The van der Waals surface area contributed by atoms with Crippen molar-refractivity contribution in [2.24, 2.45) is 5.73 Å². The SMILES string of the molecule is C#CCCCOc1cc(C(N)=S)ccn1. The number of thiocarbonyl (C=S) groups is 1. The lowest BCUT2D eigenvalue weighted by atomic mass is 10.3. The molecular weight excluding hydrogens is 208 g/mol. The van der Waals surface area contributed by atoms with Crippen molar-refractivity contribution in [1.82, 2.24) is 4.98 Å². The summed E-state index contributed by atoms with van der Waals surface area (Å²) in [4.78, 5) is 4.37. The highest BCUT2D eigenvalue weighted by molar-refractivity contribution is 7.80. The molecule has 1 rings (SSSR count). The predicted octanol–water partition coefficient (Wildman–Crippen LogP) is 1.51. The molecule has 0 spiro atoms. The molecule has 0 bridgehead atoms. The maximum Gasteiger partial charge on any atom is 0.213 e. The first-order chi connectivity index (χ1) is 7.24. The summed E-state index contributed by atoms with van der Waals surface area (Å²) in [6, 6.07) is 3.47. The van der Waals surface area contributed by atoms with Gasteiger partial charge in [0, 0.05) is 24.2 Å². The zero-order valence-electron chi connectivity index (χ0n) is 8.27. The van der Waals surface area contributed by atoms with Gasteiger partial charge in [-0.3, -0.25) is 0 Å². The van der Waals surface area contributed by atoms with Gasteiger partial charge in [0.05, 0.1) is 6.61 Å². The van der Waals surface area contributed by atoms with E-state index in [0.717, 1.165) is 12.0 Å². The van der Waals surface area contributed by atoms with Gasteiger partial charge in [0.1, 0.15) is 4.99 Å². The molecule has 78 valence electrons. The highest BCUT2D eigenvalue weighted by atomic mass is 32.1. The fraction of sp³-hybridized carbons (Fsp3) is 0.273. The second-order valence-corrected chi connectivity index (χ2v) is 3.34. The first-order valence-electron chi connectivity index (χ1n) is 4.56. The Hall–Kier alpha value is -1.60. The molecular formula is C11H12N2OS. The van der Waals surface area contributed by atoms with Crippen molar-refractivity contribution in [3.63, 3.8) is 0 Å². The van der Waals surface area contributed by atoms with Gasteiger partial charge in [0.15, 0.2) is 0 Å². The van der Waals surface area contributed by atoms with Crippen LogP contribution in [-0.4, -0.2) is 16.6 Å². The van der Waals surface area contributed by atoms with E-state index in [4.69, 9.17) is 29.1 Å². The molecule has 1 heterocycles. The van der Waals surface area contributed by atoms with Crippen molar-refractivity contribution in [1.29, 1.82) is 0 Å². The van der Waals surface area contributed by atoms with Gasteiger partial charge in [-0.2, -0.15) is 0 Å². The number of pyridine rings is 1. The van der Waals surface area contributed by atoms with Gasteiger partial charge in [0.25, 0.3) is 0 Å². The van der Waals surface area contributed by atoms with E-state index in [0.29, 0.717) is 23.9 Å². The predicted molar refractivity (Wildman–Crippen MR) is 63.7 cm³/mol. The Morgan fingerprint density at radius 3 is 3.13 bits per heavy atom. The second-order valence-electron chi connectivity index (χ2n) is 2.90. The average molecular weight is 220 g/mol. The minimum atomic E-state index is 0.339. The molecule has 0 atom stereocenters. The van der Waals surface area contributed by atoms with Gasteiger partial charge < -0.3 is 10.5 Å². The largest absolute Gasteiger partial charge is 0.478 e. The number of terminal acetylenes is 1. The van der Waals surface area contributed by atoms with Crippen molar-refractivity contribution in [3.05, 3.63) is 23.9 Å². The van der Waals surface area contributed by atoms with Crippen LogP contribution in [0.2, 0.25) is 0 Å². The van der Waals surface area contributed by atoms with E-state index in [1.807, 2.05) is 0 Å². The van der Waals surface area contributed by atoms with E-state index in [1.54, 1.807) is 18.3 Å².